The van der Waals surface area contributed by atoms with Gasteiger partial charge in [-0.3, -0.25) is 0 Å². The van der Waals surface area contributed by atoms with E-state index in [0.29, 0.717) is 5.95 Å². The molecule has 0 saturated heterocycles. The van der Waals surface area contributed by atoms with Gasteiger partial charge in [0, 0.05) is 6.54 Å². The van der Waals surface area contributed by atoms with Gasteiger partial charge in [0.15, 0.2) is 0 Å². The average molecular weight is 208 g/mol. The summed E-state index contributed by atoms with van der Waals surface area (Å²) in [5.41, 5.74) is 5.60. The summed E-state index contributed by atoms with van der Waals surface area (Å²) in [6.07, 6.45) is 1.07. The van der Waals surface area contributed by atoms with E-state index in [4.69, 9.17) is 5.73 Å². The van der Waals surface area contributed by atoms with Crippen LogP contribution in [0.5, 0.6) is 0 Å². The first kappa shape index (κ1) is 9.21. The molecule has 0 atom stereocenters. The minimum Gasteiger partial charge on any atom is -0.369 e. The van der Waals surface area contributed by atoms with Crippen molar-refractivity contribution in [1.82, 2.24) is 9.97 Å². The van der Waals surface area contributed by atoms with Gasteiger partial charge in [-0.25, -0.2) is 4.98 Å². The lowest BCUT2D eigenvalue weighted by Crippen LogP contribution is -2.04. The number of thiophene rings is 1. The summed E-state index contributed by atoms with van der Waals surface area (Å²) >= 11 is 1.58. The Morgan fingerprint density at radius 1 is 1.50 bits per heavy atom. The molecule has 2 aromatic heterocycles. The molecular formula is C9H12N4S. The Hall–Kier alpha value is -1.36. The van der Waals surface area contributed by atoms with E-state index >= 15 is 0 Å². The van der Waals surface area contributed by atoms with Crippen molar-refractivity contribution in [3.05, 3.63) is 11.4 Å². The molecule has 0 aliphatic heterocycles. The summed E-state index contributed by atoms with van der Waals surface area (Å²) < 4.78 is 0. The van der Waals surface area contributed by atoms with Crippen LogP contribution in [0.4, 0.5) is 11.8 Å². The number of hydrogen-bond acceptors (Lipinski definition) is 5. The molecule has 0 aliphatic carbocycles. The number of rotatable bonds is 3. The first-order valence-corrected chi connectivity index (χ1v) is 5.44. The third kappa shape index (κ3) is 1.63. The van der Waals surface area contributed by atoms with Gasteiger partial charge >= 0.3 is 0 Å². The monoisotopic (exact) mass is 208 g/mol. The molecular weight excluding hydrogens is 196 g/mol. The fraction of sp³-hybridized carbons (Fsp3) is 0.333. The summed E-state index contributed by atoms with van der Waals surface area (Å²) in [7, 11) is 0. The number of nitrogens with zero attached hydrogens (tertiary/aromatic N) is 2. The number of nitrogens with one attached hydrogen (secondary N) is 1. The zero-order chi connectivity index (χ0) is 9.97. The van der Waals surface area contributed by atoms with E-state index < -0.39 is 0 Å². The Morgan fingerprint density at radius 3 is 3.14 bits per heavy atom. The number of aromatic nitrogens is 2. The van der Waals surface area contributed by atoms with Gasteiger partial charge in [-0.05, 0) is 17.9 Å². The van der Waals surface area contributed by atoms with Crippen molar-refractivity contribution in [3.63, 3.8) is 0 Å². The van der Waals surface area contributed by atoms with Gasteiger partial charge in [-0.1, -0.05) is 6.92 Å². The maximum atomic E-state index is 5.60. The van der Waals surface area contributed by atoms with E-state index in [1.807, 2.05) is 11.4 Å². The molecule has 74 valence electrons. The number of fused-ring (bicyclic) bond motifs is 1. The van der Waals surface area contributed by atoms with Crippen LogP contribution < -0.4 is 11.1 Å². The van der Waals surface area contributed by atoms with Crippen molar-refractivity contribution in [2.24, 2.45) is 0 Å². The quantitative estimate of drug-likeness (QED) is 0.810. The zero-order valence-electron chi connectivity index (χ0n) is 7.95. The van der Waals surface area contributed by atoms with Crippen LogP contribution in [0, 0.1) is 0 Å². The SMILES string of the molecule is CCCNc1nc(N)nc2sccc12. The molecule has 3 N–H and O–H groups in total. The molecule has 0 fully saturated rings. The van der Waals surface area contributed by atoms with Gasteiger partial charge in [-0.15, -0.1) is 11.3 Å². The fourth-order valence-corrected chi connectivity index (χ4v) is 2.02. The van der Waals surface area contributed by atoms with E-state index in [1.165, 1.54) is 0 Å². The van der Waals surface area contributed by atoms with Crippen LogP contribution in [-0.4, -0.2) is 16.5 Å². The van der Waals surface area contributed by atoms with Crippen molar-refractivity contribution >= 4 is 33.3 Å². The Bertz CT molecular complexity index is 437. The Morgan fingerprint density at radius 2 is 2.36 bits per heavy atom. The lowest BCUT2D eigenvalue weighted by Gasteiger charge is -2.05. The lowest BCUT2D eigenvalue weighted by atomic mass is 10.3. The van der Waals surface area contributed by atoms with Crippen LogP contribution >= 0.6 is 11.3 Å². The predicted molar refractivity (Wildman–Crippen MR) is 60.6 cm³/mol. The van der Waals surface area contributed by atoms with E-state index in [9.17, 15) is 0 Å². The van der Waals surface area contributed by atoms with Crippen LogP contribution in [0.25, 0.3) is 10.2 Å². The van der Waals surface area contributed by atoms with Crippen molar-refractivity contribution in [1.29, 1.82) is 0 Å². The summed E-state index contributed by atoms with van der Waals surface area (Å²) in [6.45, 7) is 3.02. The van der Waals surface area contributed by atoms with Gasteiger partial charge in [0.25, 0.3) is 0 Å². The highest BCUT2D eigenvalue weighted by atomic mass is 32.1. The summed E-state index contributed by atoms with van der Waals surface area (Å²) in [5.74, 6) is 1.18. The van der Waals surface area contributed by atoms with E-state index in [1.54, 1.807) is 11.3 Å². The van der Waals surface area contributed by atoms with Crippen LogP contribution in [0.3, 0.4) is 0 Å². The molecule has 0 spiro atoms. The van der Waals surface area contributed by atoms with Gasteiger partial charge in [0.2, 0.25) is 5.95 Å². The third-order valence-electron chi connectivity index (χ3n) is 1.88. The fourth-order valence-electron chi connectivity index (χ4n) is 1.25. The normalized spacial score (nSPS) is 10.6. The molecule has 5 heteroatoms. The summed E-state index contributed by atoms with van der Waals surface area (Å²) in [4.78, 5) is 9.26. The first-order valence-electron chi connectivity index (χ1n) is 4.56. The van der Waals surface area contributed by atoms with Gasteiger partial charge in [-0.2, -0.15) is 4.98 Å². The molecule has 2 heterocycles. The van der Waals surface area contributed by atoms with Crippen molar-refractivity contribution in [3.8, 4) is 0 Å². The minimum atomic E-state index is 0.332. The second-order valence-corrected chi connectivity index (χ2v) is 3.89. The Balaban J connectivity index is 2.44. The molecule has 0 aliphatic rings. The number of anilines is 2. The van der Waals surface area contributed by atoms with Gasteiger partial charge in [0.05, 0.1) is 5.39 Å². The van der Waals surface area contributed by atoms with Crippen molar-refractivity contribution < 1.29 is 0 Å². The second-order valence-electron chi connectivity index (χ2n) is 3.00. The molecule has 4 nitrogen and oxygen atoms in total. The first-order chi connectivity index (χ1) is 6.81. The Kier molecular flexibility index (Phi) is 2.49. The Labute approximate surface area is 86.2 Å². The summed E-state index contributed by atoms with van der Waals surface area (Å²) in [5, 5.41) is 6.29. The van der Waals surface area contributed by atoms with Crippen LogP contribution in [0.2, 0.25) is 0 Å². The molecule has 2 aromatic rings. The van der Waals surface area contributed by atoms with Crippen LogP contribution in [0.15, 0.2) is 11.4 Å². The maximum absolute atomic E-state index is 5.60. The molecule has 0 saturated carbocycles. The van der Waals surface area contributed by atoms with Crippen LogP contribution in [0.1, 0.15) is 13.3 Å². The van der Waals surface area contributed by atoms with E-state index in [-0.39, 0.29) is 0 Å². The molecule has 0 amide bonds. The molecule has 0 radical (unpaired) electrons. The molecule has 0 unspecified atom stereocenters. The molecule has 2 rings (SSSR count). The van der Waals surface area contributed by atoms with Crippen LogP contribution in [-0.2, 0) is 0 Å². The highest BCUT2D eigenvalue weighted by molar-refractivity contribution is 7.16. The molecule has 0 bridgehead atoms. The molecule has 0 aromatic carbocycles. The topological polar surface area (TPSA) is 63.8 Å². The van der Waals surface area contributed by atoms with Crippen molar-refractivity contribution in [2.45, 2.75) is 13.3 Å². The largest absolute Gasteiger partial charge is 0.369 e. The standard InChI is InChI=1S/C9H12N4S/c1-2-4-11-7-6-3-5-14-8(6)13-9(10)12-7/h3,5H,2,4H2,1H3,(H3,10,11,12,13). The second kappa shape index (κ2) is 3.79. The highest BCUT2D eigenvalue weighted by Crippen LogP contribution is 2.25. The lowest BCUT2D eigenvalue weighted by molar-refractivity contribution is 0.971. The van der Waals surface area contributed by atoms with E-state index in [2.05, 4.69) is 22.2 Å². The molecule has 14 heavy (non-hydrogen) atoms. The van der Waals surface area contributed by atoms with E-state index in [0.717, 1.165) is 29.0 Å². The predicted octanol–water partition coefficient (Wildman–Crippen LogP) is 2.10. The van der Waals surface area contributed by atoms with Gasteiger partial charge in [0.1, 0.15) is 10.6 Å². The number of nitrogen functional groups attached to an aromatic ring is 1. The highest BCUT2D eigenvalue weighted by Gasteiger charge is 2.05. The smallest absolute Gasteiger partial charge is 0.223 e. The third-order valence-corrected chi connectivity index (χ3v) is 2.69. The van der Waals surface area contributed by atoms with Gasteiger partial charge < -0.3 is 11.1 Å². The van der Waals surface area contributed by atoms with Crippen molar-refractivity contribution in [2.75, 3.05) is 17.6 Å². The number of nitrogens with two attached hydrogens (primary N) is 1. The maximum Gasteiger partial charge on any atom is 0.223 e. The summed E-state index contributed by atoms with van der Waals surface area (Å²) in [6, 6.07) is 2.01. The number of hydrogen-bond donors (Lipinski definition) is 2. The minimum absolute atomic E-state index is 0.332. The average Bonchev–Trinajstić information content (AvgIpc) is 2.61. The zero-order valence-corrected chi connectivity index (χ0v) is 8.77.